The molecule has 0 spiro atoms. The molecular weight excluding hydrogens is 428 g/mol. The second-order valence-electron chi connectivity index (χ2n) is 8.98. The highest BCUT2D eigenvalue weighted by molar-refractivity contribution is 6.02. The van der Waals surface area contributed by atoms with Gasteiger partial charge in [0.05, 0.1) is 11.4 Å². The van der Waals surface area contributed by atoms with Crippen LogP contribution in [0.1, 0.15) is 6.42 Å². The number of nitrogens with zero attached hydrogens (tertiary/aromatic N) is 3. The fourth-order valence-corrected chi connectivity index (χ4v) is 4.72. The highest BCUT2D eigenvalue weighted by Crippen LogP contribution is 2.47. The average molecular weight is 461 g/mol. The second-order valence-corrected chi connectivity index (χ2v) is 8.98. The summed E-state index contributed by atoms with van der Waals surface area (Å²) >= 11 is 0. The fraction of sp³-hybridized carbons (Fsp3) is 0.194. The summed E-state index contributed by atoms with van der Waals surface area (Å²) in [4.78, 5) is 9.39. The second kappa shape index (κ2) is 10.5. The van der Waals surface area contributed by atoms with Crippen LogP contribution in [0.15, 0.2) is 108 Å². The third-order valence-corrected chi connectivity index (χ3v) is 6.63. The van der Waals surface area contributed by atoms with Gasteiger partial charge < -0.3 is 15.1 Å². The molecule has 35 heavy (non-hydrogen) atoms. The zero-order valence-corrected chi connectivity index (χ0v) is 20.4. The SMILES string of the molecule is CN(CCCN=CC1Nc2c(-c3ccccc3)ccc(-c3ccccc3)c2N1C)c1ccccc1. The van der Waals surface area contributed by atoms with Gasteiger partial charge in [-0.1, -0.05) is 91.0 Å². The molecule has 4 nitrogen and oxygen atoms in total. The highest BCUT2D eigenvalue weighted by atomic mass is 15.3. The molecule has 0 aromatic heterocycles. The summed E-state index contributed by atoms with van der Waals surface area (Å²) < 4.78 is 0. The van der Waals surface area contributed by atoms with Crippen molar-refractivity contribution >= 4 is 23.3 Å². The van der Waals surface area contributed by atoms with E-state index in [9.17, 15) is 0 Å². The van der Waals surface area contributed by atoms with Gasteiger partial charge in [0.2, 0.25) is 0 Å². The minimum Gasteiger partial charge on any atom is -0.375 e. The smallest absolute Gasteiger partial charge is 0.135 e. The van der Waals surface area contributed by atoms with Crippen LogP contribution in [0.4, 0.5) is 17.1 Å². The third-order valence-electron chi connectivity index (χ3n) is 6.63. The van der Waals surface area contributed by atoms with E-state index in [2.05, 4.69) is 139 Å². The molecule has 1 N–H and O–H groups in total. The van der Waals surface area contributed by atoms with Crippen molar-refractivity contribution in [3.8, 4) is 22.3 Å². The van der Waals surface area contributed by atoms with Gasteiger partial charge in [-0.05, 0) is 29.7 Å². The van der Waals surface area contributed by atoms with Crippen LogP contribution >= 0.6 is 0 Å². The van der Waals surface area contributed by atoms with Crippen LogP contribution in [-0.2, 0) is 0 Å². The first kappa shape index (κ1) is 22.7. The van der Waals surface area contributed by atoms with Gasteiger partial charge in [-0.25, -0.2) is 0 Å². The number of nitrogens with one attached hydrogen (secondary N) is 1. The largest absolute Gasteiger partial charge is 0.375 e. The summed E-state index contributed by atoms with van der Waals surface area (Å²) in [5, 5.41) is 3.75. The monoisotopic (exact) mass is 460 g/mol. The maximum absolute atomic E-state index is 4.80. The molecule has 0 fully saturated rings. The molecule has 1 unspecified atom stereocenters. The highest BCUT2D eigenvalue weighted by Gasteiger charge is 2.30. The summed E-state index contributed by atoms with van der Waals surface area (Å²) in [6.07, 6.45) is 3.09. The Kier molecular flexibility index (Phi) is 6.80. The van der Waals surface area contributed by atoms with Crippen molar-refractivity contribution in [2.45, 2.75) is 12.6 Å². The molecule has 0 aliphatic carbocycles. The zero-order chi connectivity index (χ0) is 24.0. The van der Waals surface area contributed by atoms with Gasteiger partial charge in [0.1, 0.15) is 6.17 Å². The number of benzene rings is 4. The Hall–Kier alpha value is -4.05. The van der Waals surface area contributed by atoms with E-state index in [0.29, 0.717) is 0 Å². The van der Waals surface area contributed by atoms with E-state index in [1.54, 1.807) is 0 Å². The molecule has 1 aliphatic rings. The normalized spacial score (nSPS) is 14.7. The topological polar surface area (TPSA) is 30.9 Å². The fourth-order valence-electron chi connectivity index (χ4n) is 4.72. The van der Waals surface area contributed by atoms with E-state index < -0.39 is 0 Å². The molecule has 5 rings (SSSR count). The lowest BCUT2D eigenvalue weighted by Gasteiger charge is -2.21. The van der Waals surface area contributed by atoms with E-state index in [1.807, 2.05) is 0 Å². The summed E-state index contributed by atoms with van der Waals surface area (Å²) in [6.45, 7) is 1.78. The standard InChI is InChI=1S/C31H32N4/c1-34(26-17-10-5-11-18-26)22-12-21-32-23-29-33-30-27(24-13-6-3-7-14-24)19-20-28(31(30)35(29)2)25-15-8-4-9-16-25/h3-11,13-20,23,29,33H,12,21-22H2,1-2H3. The molecular formula is C31H32N4. The molecule has 4 heteroatoms. The summed E-state index contributed by atoms with van der Waals surface area (Å²) in [5.74, 6) is 0. The first-order valence-corrected chi connectivity index (χ1v) is 12.3. The number of anilines is 3. The number of fused-ring (bicyclic) bond motifs is 1. The molecule has 1 atom stereocenters. The molecule has 0 amide bonds. The van der Waals surface area contributed by atoms with E-state index in [1.165, 1.54) is 39.3 Å². The van der Waals surface area contributed by atoms with Crippen molar-refractivity contribution in [1.82, 2.24) is 0 Å². The van der Waals surface area contributed by atoms with Crippen molar-refractivity contribution in [1.29, 1.82) is 0 Å². The molecule has 4 aromatic rings. The van der Waals surface area contributed by atoms with Crippen LogP contribution in [0, 0.1) is 0 Å². The van der Waals surface area contributed by atoms with E-state index in [-0.39, 0.29) is 6.17 Å². The molecule has 1 aliphatic heterocycles. The van der Waals surface area contributed by atoms with Crippen LogP contribution in [0.25, 0.3) is 22.3 Å². The maximum Gasteiger partial charge on any atom is 0.135 e. The van der Waals surface area contributed by atoms with Crippen LogP contribution in [0.3, 0.4) is 0 Å². The summed E-state index contributed by atoms with van der Waals surface area (Å²) in [6, 6.07) is 36.2. The van der Waals surface area contributed by atoms with E-state index in [0.717, 1.165) is 19.5 Å². The molecule has 1 heterocycles. The molecule has 0 radical (unpaired) electrons. The third kappa shape index (κ3) is 4.92. The van der Waals surface area contributed by atoms with Gasteiger partial charge in [-0.3, -0.25) is 4.99 Å². The first-order chi connectivity index (χ1) is 17.2. The van der Waals surface area contributed by atoms with Gasteiger partial charge in [0.25, 0.3) is 0 Å². The van der Waals surface area contributed by atoms with Gasteiger partial charge in [0.15, 0.2) is 0 Å². The van der Waals surface area contributed by atoms with Crippen LogP contribution < -0.4 is 15.1 Å². The van der Waals surface area contributed by atoms with Crippen LogP contribution in [0.5, 0.6) is 0 Å². The van der Waals surface area contributed by atoms with Gasteiger partial charge in [-0.2, -0.15) is 0 Å². The summed E-state index contributed by atoms with van der Waals surface area (Å²) in [7, 11) is 4.29. The van der Waals surface area contributed by atoms with Crippen LogP contribution in [-0.4, -0.2) is 39.6 Å². The lowest BCUT2D eigenvalue weighted by molar-refractivity contribution is 0.794. The average Bonchev–Trinajstić information content (AvgIpc) is 3.25. The minimum atomic E-state index is 0.0178. The lowest BCUT2D eigenvalue weighted by atomic mass is 9.96. The predicted molar refractivity (Wildman–Crippen MR) is 151 cm³/mol. The van der Waals surface area contributed by atoms with Crippen molar-refractivity contribution in [3.63, 3.8) is 0 Å². The molecule has 176 valence electrons. The lowest BCUT2D eigenvalue weighted by Crippen LogP contribution is -2.33. The van der Waals surface area contributed by atoms with Crippen molar-refractivity contribution in [2.75, 3.05) is 42.3 Å². The Morgan fingerprint density at radius 3 is 2.03 bits per heavy atom. The Morgan fingerprint density at radius 2 is 1.37 bits per heavy atom. The maximum atomic E-state index is 4.80. The Morgan fingerprint density at radius 1 is 0.800 bits per heavy atom. The number of hydrogen-bond donors (Lipinski definition) is 1. The Balaban J connectivity index is 1.34. The number of rotatable bonds is 8. The minimum absolute atomic E-state index is 0.0178. The molecule has 4 aromatic carbocycles. The Labute approximate surface area is 208 Å². The number of para-hydroxylation sites is 1. The van der Waals surface area contributed by atoms with Crippen molar-refractivity contribution < 1.29 is 0 Å². The molecule has 0 saturated heterocycles. The van der Waals surface area contributed by atoms with Crippen molar-refractivity contribution in [3.05, 3.63) is 103 Å². The van der Waals surface area contributed by atoms with Crippen molar-refractivity contribution in [2.24, 2.45) is 4.99 Å². The van der Waals surface area contributed by atoms with Gasteiger partial charge >= 0.3 is 0 Å². The predicted octanol–water partition coefficient (Wildman–Crippen LogP) is 6.81. The summed E-state index contributed by atoms with van der Waals surface area (Å²) in [5.41, 5.74) is 8.51. The first-order valence-electron chi connectivity index (χ1n) is 12.3. The van der Waals surface area contributed by atoms with Gasteiger partial charge in [-0.15, -0.1) is 0 Å². The van der Waals surface area contributed by atoms with E-state index >= 15 is 0 Å². The Bertz CT molecular complexity index is 1270. The number of aliphatic imine (C=N–C) groups is 1. The molecule has 0 saturated carbocycles. The molecule has 0 bridgehead atoms. The zero-order valence-electron chi connectivity index (χ0n) is 20.4. The number of hydrogen-bond acceptors (Lipinski definition) is 4. The quantitative estimate of drug-likeness (QED) is 0.232. The van der Waals surface area contributed by atoms with E-state index in [4.69, 9.17) is 4.99 Å². The van der Waals surface area contributed by atoms with Gasteiger partial charge in [0, 0.05) is 50.2 Å². The van der Waals surface area contributed by atoms with Crippen LogP contribution in [0.2, 0.25) is 0 Å².